The summed E-state index contributed by atoms with van der Waals surface area (Å²) in [6.45, 7) is 0.540. The third-order valence-electron chi connectivity index (χ3n) is 3.80. The van der Waals surface area contributed by atoms with E-state index < -0.39 is 5.25 Å². The van der Waals surface area contributed by atoms with Gasteiger partial charge in [-0.2, -0.15) is 0 Å². The van der Waals surface area contributed by atoms with Crippen LogP contribution in [0.25, 0.3) is 0 Å². The highest BCUT2D eigenvalue weighted by atomic mass is 32.2. The zero-order valence-electron chi connectivity index (χ0n) is 15.0. The Morgan fingerprint density at radius 3 is 2.70 bits per heavy atom. The van der Waals surface area contributed by atoms with E-state index in [1.54, 1.807) is 0 Å². The first-order valence-electron chi connectivity index (χ1n) is 8.62. The summed E-state index contributed by atoms with van der Waals surface area (Å²) in [6, 6.07) is 5.43. The SMILES string of the molecule is COC(=O)CCCCCN=C1NC(=O)[C@@H](CC(=O)Nc2ccc(F)cc2)S1. The molecule has 1 heterocycles. The number of anilines is 1. The maximum Gasteiger partial charge on any atom is 0.305 e. The highest BCUT2D eigenvalue weighted by Gasteiger charge is 2.31. The van der Waals surface area contributed by atoms with E-state index in [4.69, 9.17) is 0 Å². The smallest absolute Gasteiger partial charge is 0.305 e. The number of aliphatic imine (C=N–C) groups is 1. The summed E-state index contributed by atoms with van der Waals surface area (Å²) in [5, 5.41) is 5.27. The average Bonchev–Trinajstić information content (AvgIpc) is 2.99. The van der Waals surface area contributed by atoms with Gasteiger partial charge in [0, 0.05) is 25.1 Å². The van der Waals surface area contributed by atoms with Crippen LogP contribution in [0.3, 0.4) is 0 Å². The van der Waals surface area contributed by atoms with Gasteiger partial charge >= 0.3 is 5.97 Å². The summed E-state index contributed by atoms with van der Waals surface area (Å²) in [6.07, 6.45) is 2.78. The van der Waals surface area contributed by atoms with Gasteiger partial charge in [-0.25, -0.2) is 4.39 Å². The van der Waals surface area contributed by atoms with Crippen LogP contribution in [0.5, 0.6) is 0 Å². The summed E-state index contributed by atoms with van der Waals surface area (Å²) >= 11 is 1.23. The predicted molar refractivity (Wildman–Crippen MR) is 102 cm³/mol. The summed E-state index contributed by atoms with van der Waals surface area (Å²) < 4.78 is 17.4. The molecule has 0 spiro atoms. The number of carbonyl (C=O) groups is 3. The summed E-state index contributed by atoms with van der Waals surface area (Å²) in [7, 11) is 1.37. The number of carbonyl (C=O) groups excluding carboxylic acids is 3. The van der Waals surface area contributed by atoms with Crippen LogP contribution >= 0.6 is 11.8 Å². The number of ether oxygens (including phenoxy) is 1. The minimum Gasteiger partial charge on any atom is -0.469 e. The Bertz CT molecular complexity index is 709. The van der Waals surface area contributed by atoms with Crippen molar-refractivity contribution >= 4 is 40.4 Å². The maximum atomic E-state index is 12.9. The third-order valence-corrected chi connectivity index (χ3v) is 4.92. The van der Waals surface area contributed by atoms with Gasteiger partial charge in [0.25, 0.3) is 0 Å². The molecule has 1 atom stereocenters. The minimum absolute atomic E-state index is 0.00598. The lowest BCUT2D eigenvalue weighted by Crippen LogP contribution is -2.28. The molecular formula is C18H22FN3O4S. The van der Waals surface area contributed by atoms with Gasteiger partial charge in [0.2, 0.25) is 11.8 Å². The molecule has 1 saturated heterocycles. The van der Waals surface area contributed by atoms with Crippen LogP contribution < -0.4 is 10.6 Å². The van der Waals surface area contributed by atoms with E-state index in [0.717, 1.165) is 19.3 Å². The van der Waals surface area contributed by atoms with Crippen molar-refractivity contribution in [2.24, 2.45) is 4.99 Å². The monoisotopic (exact) mass is 395 g/mol. The number of methoxy groups -OCH3 is 1. The van der Waals surface area contributed by atoms with Gasteiger partial charge in [-0.05, 0) is 37.1 Å². The van der Waals surface area contributed by atoms with E-state index >= 15 is 0 Å². The molecule has 0 aromatic heterocycles. The van der Waals surface area contributed by atoms with E-state index in [0.29, 0.717) is 23.8 Å². The van der Waals surface area contributed by atoms with E-state index in [9.17, 15) is 18.8 Å². The first-order valence-corrected chi connectivity index (χ1v) is 9.50. The van der Waals surface area contributed by atoms with Crippen LogP contribution in [0.1, 0.15) is 32.1 Å². The van der Waals surface area contributed by atoms with E-state index in [2.05, 4.69) is 20.4 Å². The van der Waals surface area contributed by atoms with Gasteiger partial charge in [0.1, 0.15) is 11.1 Å². The van der Waals surface area contributed by atoms with Gasteiger partial charge in [-0.15, -0.1) is 0 Å². The summed E-state index contributed by atoms with van der Waals surface area (Å²) in [5.41, 5.74) is 0.477. The van der Waals surface area contributed by atoms with Crippen LogP contribution in [0.2, 0.25) is 0 Å². The standard InChI is InChI=1S/C18H22FN3O4S/c1-26-16(24)5-3-2-4-10-20-18-22-17(25)14(27-18)11-15(23)21-13-8-6-12(19)7-9-13/h6-9,14H,2-5,10-11H2,1H3,(H,21,23)(H,20,22,25)/t14-/m1/s1. The number of unbranched alkanes of at least 4 members (excludes halogenated alkanes) is 2. The second kappa shape index (κ2) is 10.7. The van der Waals surface area contributed by atoms with Crippen molar-refractivity contribution in [2.75, 3.05) is 19.0 Å². The summed E-state index contributed by atoms with van der Waals surface area (Å²) in [4.78, 5) is 39.3. The molecule has 7 nitrogen and oxygen atoms in total. The number of hydrogen-bond acceptors (Lipinski definition) is 6. The van der Waals surface area contributed by atoms with Crippen molar-refractivity contribution in [3.05, 3.63) is 30.1 Å². The number of nitrogens with zero attached hydrogens (tertiary/aromatic N) is 1. The molecule has 1 aliphatic rings. The Morgan fingerprint density at radius 2 is 2.00 bits per heavy atom. The molecule has 2 N–H and O–H groups in total. The highest BCUT2D eigenvalue weighted by molar-refractivity contribution is 8.15. The Balaban J connectivity index is 1.70. The van der Waals surface area contributed by atoms with Crippen molar-refractivity contribution in [3.63, 3.8) is 0 Å². The Morgan fingerprint density at radius 1 is 1.26 bits per heavy atom. The van der Waals surface area contributed by atoms with Gasteiger partial charge in [0.15, 0.2) is 5.17 Å². The fourth-order valence-electron chi connectivity index (χ4n) is 2.37. The fourth-order valence-corrected chi connectivity index (χ4v) is 3.36. The topological polar surface area (TPSA) is 96.9 Å². The van der Waals surface area contributed by atoms with Crippen LogP contribution in [-0.4, -0.2) is 41.9 Å². The molecule has 146 valence electrons. The van der Waals surface area contributed by atoms with Crippen molar-refractivity contribution in [1.29, 1.82) is 0 Å². The fraction of sp³-hybridized carbons (Fsp3) is 0.444. The Hall–Kier alpha value is -2.42. The molecule has 0 saturated carbocycles. The molecule has 1 aromatic carbocycles. The molecule has 0 radical (unpaired) electrons. The molecule has 1 fully saturated rings. The van der Waals surface area contributed by atoms with Crippen molar-refractivity contribution < 1.29 is 23.5 Å². The zero-order chi connectivity index (χ0) is 19.6. The number of esters is 1. The van der Waals surface area contributed by atoms with Crippen molar-refractivity contribution in [1.82, 2.24) is 5.32 Å². The van der Waals surface area contributed by atoms with E-state index in [-0.39, 0.29) is 30.0 Å². The molecule has 9 heteroatoms. The van der Waals surface area contributed by atoms with E-state index in [1.807, 2.05) is 0 Å². The van der Waals surface area contributed by atoms with Crippen molar-refractivity contribution in [2.45, 2.75) is 37.4 Å². The van der Waals surface area contributed by atoms with Crippen LogP contribution in [0.4, 0.5) is 10.1 Å². The maximum absolute atomic E-state index is 12.9. The second-order valence-electron chi connectivity index (χ2n) is 5.93. The third kappa shape index (κ3) is 7.38. The molecule has 0 unspecified atom stereocenters. The van der Waals surface area contributed by atoms with E-state index in [1.165, 1.54) is 43.1 Å². The molecule has 1 aliphatic heterocycles. The Labute approximate surface area is 161 Å². The number of halogens is 1. The van der Waals surface area contributed by atoms with Gasteiger partial charge < -0.3 is 15.4 Å². The van der Waals surface area contributed by atoms with Crippen molar-refractivity contribution in [3.8, 4) is 0 Å². The predicted octanol–water partition coefficient (Wildman–Crippen LogP) is 2.48. The largest absolute Gasteiger partial charge is 0.469 e. The lowest BCUT2D eigenvalue weighted by Gasteiger charge is -2.07. The number of hydrogen-bond donors (Lipinski definition) is 2. The molecule has 0 bridgehead atoms. The van der Waals surface area contributed by atoms with Crippen LogP contribution in [0, 0.1) is 5.82 Å². The lowest BCUT2D eigenvalue weighted by atomic mass is 10.2. The normalized spacial score (nSPS) is 17.6. The lowest BCUT2D eigenvalue weighted by molar-refractivity contribution is -0.140. The molecule has 2 rings (SSSR count). The van der Waals surface area contributed by atoms with Crippen LogP contribution in [0.15, 0.2) is 29.3 Å². The molecule has 1 aromatic rings. The van der Waals surface area contributed by atoms with Gasteiger partial charge in [-0.1, -0.05) is 18.2 Å². The Kier molecular flexibility index (Phi) is 8.25. The molecular weight excluding hydrogens is 373 g/mol. The molecule has 0 aliphatic carbocycles. The first kappa shape index (κ1) is 20.9. The molecule has 2 amide bonds. The zero-order valence-corrected chi connectivity index (χ0v) is 15.8. The number of benzene rings is 1. The van der Waals surface area contributed by atoms with Crippen LogP contribution in [-0.2, 0) is 19.1 Å². The second-order valence-corrected chi connectivity index (χ2v) is 7.12. The number of amidine groups is 1. The number of amides is 2. The first-order chi connectivity index (χ1) is 13.0. The number of thioether (sulfide) groups is 1. The summed E-state index contributed by atoms with van der Waals surface area (Å²) in [5.74, 6) is -1.18. The highest BCUT2D eigenvalue weighted by Crippen LogP contribution is 2.23. The molecule has 27 heavy (non-hydrogen) atoms. The average molecular weight is 395 g/mol. The minimum atomic E-state index is -0.538. The number of nitrogens with one attached hydrogen (secondary N) is 2. The van der Waals surface area contributed by atoms with Gasteiger partial charge in [-0.3, -0.25) is 19.4 Å². The van der Waals surface area contributed by atoms with Gasteiger partial charge in [0.05, 0.1) is 7.11 Å². The quantitative estimate of drug-likeness (QED) is 0.495. The number of rotatable bonds is 9.